The van der Waals surface area contributed by atoms with Gasteiger partial charge in [-0.1, -0.05) is 18.9 Å². The van der Waals surface area contributed by atoms with Crippen molar-refractivity contribution in [3.05, 3.63) is 30.2 Å². The maximum Gasteiger partial charge on any atom is 0.228 e. The monoisotopic (exact) mass is 287 g/mol. The Morgan fingerprint density at radius 1 is 1.43 bits per heavy atom. The van der Waals surface area contributed by atoms with Crippen LogP contribution < -0.4 is 11.1 Å². The summed E-state index contributed by atoms with van der Waals surface area (Å²) in [4.78, 5) is 12.6. The molecule has 3 N–H and O–H groups in total. The number of carbonyl (C=O) groups is 1. The van der Waals surface area contributed by atoms with Gasteiger partial charge in [0.1, 0.15) is 0 Å². The van der Waals surface area contributed by atoms with Crippen molar-refractivity contribution in [3.8, 4) is 0 Å². The molecule has 1 aliphatic rings. The molecule has 6 heteroatoms. The number of hydrogen-bond acceptors (Lipinski definition) is 4. The molecule has 1 atom stereocenters. The zero-order valence-electron chi connectivity index (χ0n) is 12.2. The first-order valence-electron chi connectivity index (χ1n) is 7.47. The maximum atomic E-state index is 12.6. The Balaban J connectivity index is 1.80. The third-order valence-corrected chi connectivity index (χ3v) is 4.51. The summed E-state index contributed by atoms with van der Waals surface area (Å²) in [7, 11) is 0. The van der Waals surface area contributed by atoms with Crippen molar-refractivity contribution < 1.29 is 4.79 Å². The van der Waals surface area contributed by atoms with Crippen LogP contribution in [0, 0.1) is 5.41 Å². The molecule has 0 saturated heterocycles. The minimum Gasteiger partial charge on any atom is -0.346 e. The van der Waals surface area contributed by atoms with E-state index < -0.39 is 5.41 Å². The summed E-state index contributed by atoms with van der Waals surface area (Å²) in [5, 5.41) is 11.4. The Morgan fingerprint density at radius 2 is 2.19 bits per heavy atom. The highest BCUT2D eigenvalue weighted by atomic mass is 16.2. The Morgan fingerprint density at radius 3 is 2.90 bits per heavy atom. The molecule has 2 heterocycles. The van der Waals surface area contributed by atoms with Gasteiger partial charge in [0.05, 0.1) is 11.5 Å². The van der Waals surface area contributed by atoms with Gasteiger partial charge in [0.2, 0.25) is 5.91 Å². The summed E-state index contributed by atoms with van der Waals surface area (Å²) in [5.74, 6) is 0.784. The second-order valence-corrected chi connectivity index (χ2v) is 5.87. The Hall–Kier alpha value is -1.95. The van der Waals surface area contributed by atoms with Crippen molar-refractivity contribution >= 4 is 11.6 Å². The number of rotatable bonds is 4. The van der Waals surface area contributed by atoms with Gasteiger partial charge in [0.25, 0.3) is 0 Å². The highest BCUT2D eigenvalue weighted by molar-refractivity contribution is 5.83. The zero-order chi connectivity index (χ0) is 14.9. The summed E-state index contributed by atoms with van der Waals surface area (Å²) in [5.41, 5.74) is 6.25. The van der Waals surface area contributed by atoms with Crippen molar-refractivity contribution in [3.63, 3.8) is 0 Å². The SMILES string of the molecule is CC(NC(=O)C1(CN)CCCC1)c1nnc2ccccn12. The number of nitrogens with two attached hydrogens (primary N) is 1. The quantitative estimate of drug-likeness (QED) is 0.890. The molecule has 1 aliphatic carbocycles. The first-order chi connectivity index (χ1) is 10.2. The Labute approximate surface area is 123 Å². The average Bonchev–Trinajstić information content (AvgIpc) is 3.14. The lowest BCUT2D eigenvalue weighted by atomic mass is 9.85. The third kappa shape index (κ3) is 2.40. The smallest absolute Gasteiger partial charge is 0.228 e. The van der Waals surface area contributed by atoms with E-state index in [0.29, 0.717) is 6.54 Å². The van der Waals surface area contributed by atoms with E-state index in [9.17, 15) is 4.79 Å². The lowest BCUT2D eigenvalue weighted by Crippen LogP contribution is -2.45. The molecular weight excluding hydrogens is 266 g/mol. The van der Waals surface area contributed by atoms with E-state index in [4.69, 9.17) is 5.73 Å². The van der Waals surface area contributed by atoms with E-state index in [1.165, 1.54) is 0 Å². The van der Waals surface area contributed by atoms with Crippen molar-refractivity contribution in [1.82, 2.24) is 19.9 Å². The van der Waals surface area contributed by atoms with Crippen LogP contribution in [0.2, 0.25) is 0 Å². The molecule has 2 aromatic rings. The number of pyridine rings is 1. The fraction of sp³-hybridized carbons (Fsp3) is 0.533. The van der Waals surface area contributed by atoms with Gasteiger partial charge in [0, 0.05) is 12.7 Å². The number of nitrogens with one attached hydrogen (secondary N) is 1. The Bertz CT molecular complexity index is 644. The van der Waals surface area contributed by atoms with Gasteiger partial charge in [-0.2, -0.15) is 0 Å². The Kier molecular flexibility index (Phi) is 3.63. The summed E-state index contributed by atoms with van der Waals surface area (Å²) in [6, 6.07) is 5.54. The molecule has 21 heavy (non-hydrogen) atoms. The first-order valence-corrected chi connectivity index (χ1v) is 7.47. The number of aromatic nitrogens is 3. The standard InChI is InChI=1S/C15H21N5O/c1-11(13-19-18-12-6-2-5-9-20(12)13)17-14(21)15(10-16)7-3-4-8-15/h2,5-6,9,11H,3-4,7-8,10,16H2,1H3,(H,17,21). The van der Waals surface area contributed by atoms with Crippen LogP contribution in [0.25, 0.3) is 5.65 Å². The lowest BCUT2D eigenvalue weighted by Gasteiger charge is -2.27. The van der Waals surface area contributed by atoms with Crippen molar-refractivity contribution in [1.29, 1.82) is 0 Å². The minimum atomic E-state index is -0.394. The molecule has 1 unspecified atom stereocenters. The molecule has 0 aliphatic heterocycles. The van der Waals surface area contributed by atoms with Gasteiger partial charge in [-0.05, 0) is 31.9 Å². The van der Waals surface area contributed by atoms with Gasteiger partial charge in [0.15, 0.2) is 11.5 Å². The van der Waals surface area contributed by atoms with Crippen LogP contribution >= 0.6 is 0 Å². The normalized spacial score (nSPS) is 18.8. The molecule has 0 aromatic carbocycles. The van der Waals surface area contributed by atoms with Crippen molar-refractivity contribution in [2.75, 3.05) is 6.54 Å². The summed E-state index contributed by atoms with van der Waals surface area (Å²) < 4.78 is 1.90. The van der Waals surface area contributed by atoms with Crippen LogP contribution in [0.5, 0.6) is 0 Å². The van der Waals surface area contributed by atoms with E-state index in [-0.39, 0.29) is 11.9 Å². The molecule has 0 spiro atoms. The number of fused-ring (bicyclic) bond motifs is 1. The van der Waals surface area contributed by atoms with E-state index in [1.54, 1.807) is 0 Å². The maximum absolute atomic E-state index is 12.6. The van der Waals surface area contributed by atoms with Gasteiger partial charge in [-0.25, -0.2) is 0 Å². The van der Waals surface area contributed by atoms with Gasteiger partial charge >= 0.3 is 0 Å². The number of carbonyl (C=O) groups excluding carboxylic acids is 1. The highest BCUT2D eigenvalue weighted by Crippen LogP contribution is 2.37. The average molecular weight is 287 g/mol. The van der Waals surface area contributed by atoms with Crippen LogP contribution in [-0.4, -0.2) is 27.0 Å². The second-order valence-electron chi connectivity index (χ2n) is 5.87. The van der Waals surface area contributed by atoms with Gasteiger partial charge in [-0.3, -0.25) is 9.20 Å². The molecule has 1 saturated carbocycles. The molecule has 0 bridgehead atoms. The minimum absolute atomic E-state index is 0.0441. The van der Waals surface area contributed by atoms with E-state index in [0.717, 1.165) is 37.2 Å². The molecule has 3 rings (SSSR count). The molecule has 112 valence electrons. The van der Waals surface area contributed by atoms with Crippen molar-refractivity contribution in [2.24, 2.45) is 11.1 Å². The summed E-state index contributed by atoms with van der Waals surface area (Å²) >= 11 is 0. The number of amides is 1. The van der Waals surface area contributed by atoms with E-state index in [2.05, 4.69) is 15.5 Å². The van der Waals surface area contributed by atoms with Gasteiger partial charge in [-0.15, -0.1) is 10.2 Å². The van der Waals surface area contributed by atoms with Crippen LogP contribution in [0.15, 0.2) is 24.4 Å². The van der Waals surface area contributed by atoms with E-state index in [1.807, 2.05) is 35.7 Å². The predicted octanol–water partition coefficient (Wildman–Crippen LogP) is 1.43. The zero-order valence-corrected chi connectivity index (χ0v) is 12.2. The molecule has 6 nitrogen and oxygen atoms in total. The number of nitrogens with zero attached hydrogens (tertiary/aromatic N) is 3. The number of hydrogen-bond donors (Lipinski definition) is 2. The second kappa shape index (κ2) is 5.44. The summed E-state index contributed by atoms with van der Waals surface area (Å²) in [6.45, 7) is 2.34. The van der Waals surface area contributed by atoms with Crippen LogP contribution in [-0.2, 0) is 4.79 Å². The predicted molar refractivity (Wildman–Crippen MR) is 79.5 cm³/mol. The fourth-order valence-electron chi connectivity index (χ4n) is 3.15. The fourth-order valence-corrected chi connectivity index (χ4v) is 3.15. The largest absolute Gasteiger partial charge is 0.346 e. The highest BCUT2D eigenvalue weighted by Gasteiger charge is 2.40. The molecule has 0 radical (unpaired) electrons. The van der Waals surface area contributed by atoms with Crippen LogP contribution in [0.3, 0.4) is 0 Å². The van der Waals surface area contributed by atoms with E-state index >= 15 is 0 Å². The third-order valence-electron chi connectivity index (χ3n) is 4.51. The molecule has 2 aromatic heterocycles. The lowest BCUT2D eigenvalue weighted by molar-refractivity contribution is -0.131. The molecular formula is C15H21N5O. The van der Waals surface area contributed by atoms with Crippen molar-refractivity contribution in [2.45, 2.75) is 38.6 Å². The van der Waals surface area contributed by atoms with Gasteiger partial charge < -0.3 is 11.1 Å². The molecule has 1 amide bonds. The topological polar surface area (TPSA) is 85.3 Å². The first kappa shape index (κ1) is 14.0. The van der Waals surface area contributed by atoms with Crippen LogP contribution in [0.4, 0.5) is 0 Å². The van der Waals surface area contributed by atoms with Crippen LogP contribution in [0.1, 0.15) is 44.5 Å². The summed E-state index contributed by atoms with van der Waals surface area (Å²) in [6.07, 6.45) is 5.81. The molecule has 1 fully saturated rings.